The van der Waals surface area contributed by atoms with Gasteiger partial charge in [0.2, 0.25) is 0 Å². The minimum absolute atomic E-state index is 0.209. The number of hydrogen-bond donors (Lipinski definition) is 2. The number of thioether (sulfide) groups is 1. The number of hydrogen-bond acceptors (Lipinski definition) is 6. The summed E-state index contributed by atoms with van der Waals surface area (Å²) in [6, 6.07) is 0. The third kappa shape index (κ3) is 2.55. The van der Waals surface area contributed by atoms with Crippen LogP contribution in [0.25, 0.3) is 5.57 Å². The summed E-state index contributed by atoms with van der Waals surface area (Å²) in [5.41, 5.74) is 9.13. The Kier molecular flexibility index (Phi) is 3.96. The lowest BCUT2D eigenvalue weighted by atomic mass is 10.1. The molecule has 1 fully saturated rings. The van der Waals surface area contributed by atoms with Crippen LogP contribution < -0.4 is 5.73 Å². The highest BCUT2D eigenvalue weighted by molar-refractivity contribution is 7.98. The zero-order chi connectivity index (χ0) is 14.1. The van der Waals surface area contributed by atoms with Gasteiger partial charge in [-0.25, -0.2) is 9.97 Å². The van der Waals surface area contributed by atoms with Crippen LogP contribution in [0.15, 0.2) is 12.4 Å². The van der Waals surface area contributed by atoms with Crippen LogP contribution in [-0.4, -0.2) is 57.7 Å². The minimum atomic E-state index is -0.209. The first-order valence-corrected chi connectivity index (χ1v) is 8.26. The standard InChI is InChI=1S/C14H20N4OS/c1-20-7-10-5-18(6-12(10)19)4-9-2-3-11-13(9)16-8-17-14(11)15/h2,8,10,12,19H,3-7H2,1H3,(H2,15,16,17). The fourth-order valence-electron chi connectivity index (χ4n) is 3.05. The Hall–Kier alpha value is -1.11. The van der Waals surface area contributed by atoms with Gasteiger partial charge in [0.15, 0.2) is 0 Å². The molecule has 3 rings (SSSR count). The SMILES string of the molecule is CSCC1CN(CC2=CCc3c(N)ncnc32)CC1O. The largest absolute Gasteiger partial charge is 0.391 e. The van der Waals surface area contributed by atoms with Gasteiger partial charge in [-0.05, 0) is 24.0 Å². The van der Waals surface area contributed by atoms with E-state index < -0.39 is 0 Å². The summed E-state index contributed by atoms with van der Waals surface area (Å²) in [6.45, 7) is 2.54. The summed E-state index contributed by atoms with van der Waals surface area (Å²) in [7, 11) is 0. The second-order valence-corrected chi connectivity index (χ2v) is 6.41. The minimum Gasteiger partial charge on any atom is -0.391 e. The monoisotopic (exact) mass is 292 g/mol. The van der Waals surface area contributed by atoms with Gasteiger partial charge in [-0.2, -0.15) is 11.8 Å². The number of β-amino-alcohol motifs (C(OH)–C–C–N with tert-alkyl or cyclic N) is 1. The van der Waals surface area contributed by atoms with Crippen molar-refractivity contribution in [3.8, 4) is 0 Å². The number of rotatable bonds is 4. The number of aromatic nitrogens is 2. The summed E-state index contributed by atoms with van der Waals surface area (Å²) < 4.78 is 0. The predicted molar refractivity (Wildman–Crippen MR) is 82.4 cm³/mol. The van der Waals surface area contributed by atoms with E-state index >= 15 is 0 Å². The fraction of sp³-hybridized carbons (Fsp3) is 0.571. The second kappa shape index (κ2) is 5.71. The van der Waals surface area contributed by atoms with Crippen LogP contribution in [-0.2, 0) is 6.42 Å². The molecule has 1 aliphatic heterocycles. The van der Waals surface area contributed by atoms with E-state index in [1.54, 1.807) is 11.8 Å². The first-order valence-electron chi connectivity index (χ1n) is 6.87. The maximum atomic E-state index is 10.1. The van der Waals surface area contributed by atoms with Gasteiger partial charge >= 0.3 is 0 Å². The van der Waals surface area contributed by atoms with E-state index in [0.717, 1.165) is 43.1 Å². The molecule has 2 unspecified atom stereocenters. The number of nitrogens with two attached hydrogens (primary N) is 1. The van der Waals surface area contributed by atoms with E-state index in [4.69, 9.17) is 5.73 Å². The molecular formula is C14H20N4OS. The first kappa shape index (κ1) is 13.9. The van der Waals surface area contributed by atoms with Crippen LogP contribution in [0.3, 0.4) is 0 Å². The van der Waals surface area contributed by atoms with E-state index in [-0.39, 0.29) is 6.10 Å². The molecule has 3 N–H and O–H groups in total. The second-order valence-electron chi connectivity index (χ2n) is 5.50. The lowest BCUT2D eigenvalue weighted by Gasteiger charge is -2.16. The molecule has 6 heteroatoms. The number of likely N-dealkylation sites (tertiary alicyclic amines) is 1. The van der Waals surface area contributed by atoms with E-state index in [0.29, 0.717) is 11.7 Å². The molecule has 0 bridgehead atoms. The molecule has 2 atom stereocenters. The first-order chi connectivity index (χ1) is 9.69. The molecule has 1 aliphatic carbocycles. The van der Waals surface area contributed by atoms with Crippen LogP contribution in [0.5, 0.6) is 0 Å². The van der Waals surface area contributed by atoms with E-state index in [1.807, 2.05) is 0 Å². The number of nitrogen functional groups attached to an aromatic ring is 1. The van der Waals surface area contributed by atoms with E-state index in [9.17, 15) is 5.11 Å². The molecule has 0 aromatic carbocycles. The molecule has 0 saturated carbocycles. The van der Waals surface area contributed by atoms with Crippen molar-refractivity contribution in [1.29, 1.82) is 0 Å². The van der Waals surface area contributed by atoms with Crippen molar-refractivity contribution in [1.82, 2.24) is 14.9 Å². The number of fused-ring (bicyclic) bond motifs is 1. The highest BCUT2D eigenvalue weighted by Crippen LogP contribution is 2.30. The van der Waals surface area contributed by atoms with Crippen LogP contribution in [0.1, 0.15) is 11.3 Å². The molecule has 0 spiro atoms. The van der Waals surface area contributed by atoms with Crippen LogP contribution in [0.2, 0.25) is 0 Å². The number of nitrogens with zero attached hydrogens (tertiary/aromatic N) is 3. The fourth-order valence-corrected chi connectivity index (χ4v) is 3.81. The van der Waals surface area contributed by atoms with Crippen molar-refractivity contribution in [3.63, 3.8) is 0 Å². The van der Waals surface area contributed by atoms with Crippen molar-refractivity contribution < 1.29 is 5.11 Å². The van der Waals surface area contributed by atoms with Gasteiger partial charge in [0, 0.05) is 31.1 Å². The zero-order valence-electron chi connectivity index (χ0n) is 11.6. The lowest BCUT2D eigenvalue weighted by molar-refractivity contribution is 0.151. The Balaban J connectivity index is 1.68. The summed E-state index contributed by atoms with van der Waals surface area (Å²) in [4.78, 5) is 10.7. The number of allylic oxidation sites excluding steroid dienone is 1. The zero-order valence-corrected chi connectivity index (χ0v) is 12.4. The molecule has 5 nitrogen and oxygen atoms in total. The molecule has 1 saturated heterocycles. The van der Waals surface area contributed by atoms with Gasteiger partial charge in [0.05, 0.1) is 11.8 Å². The highest BCUT2D eigenvalue weighted by atomic mass is 32.2. The number of anilines is 1. The average Bonchev–Trinajstić information content (AvgIpc) is 2.97. The van der Waals surface area contributed by atoms with Crippen molar-refractivity contribution in [3.05, 3.63) is 23.7 Å². The summed E-state index contributed by atoms with van der Waals surface area (Å²) in [5.74, 6) is 1.98. The average molecular weight is 292 g/mol. The Bertz CT molecular complexity index is 534. The van der Waals surface area contributed by atoms with Gasteiger partial charge in [0.1, 0.15) is 12.1 Å². The molecule has 0 radical (unpaired) electrons. The van der Waals surface area contributed by atoms with Gasteiger partial charge in [-0.1, -0.05) is 6.08 Å². The molecule has 1 aromatic heterocycles. The normalized spacial score (nSPS) is 25.8. The Labute approximate surface area is 123 Å². The molecule has 108 valence electrons. The topological polar surface area (TPSA) is 75.3 Å². The quantitative estimate of drug-likeness (QED) is 0.849. The van der Waals surface area contributed by atoms with Gasteiger partial charge in [-0.15, -0.1) is 0 Å². The third-order valence-corrected chi connectivity index (χ3v) is 4.85. The van der Waals surface area contributed by atoms with Crippen LogP contribution >= 0.6 is 11.8 Å². The summed E-state index contributed by atoms with van der Waals surface area (Å²) >= 11 is 1.80. The maximum absolute atomic E-state index is 10.1. The Morgan fingerprint density at radius 1 is 1.45 bits per heavy atom. The predicted octanol–water partition coefficient (Wildman–Crippen LogP) is 0.654. The van der Waals surface area contributed by atoms with Crippen molar-refractivity contribution in [2.45, 2.75) is 12.5 Å². The summed E-state index contributed by atoms with van der Waals surface area (Å²) in [5, 5.41) is 10.1. The lowest BCUT2D eigenvalue weighted by Crippen LogP contribution is -2.24. The van der Waals surface area contributed by atoms with Crippen molar-refractivity contribution in [2.75, 3.05) is 37.4 Å². The van der Waals surface area contributed by atoms with Crippen molar-refractivity contribution >= 4 is 23.2 Å². The third-order valence-electron chi connectivity index (χ3n) is 4.09. The number of aliphatic hydroxyl groups is 1. The Morgan fingerprint density at radius 2 is 2.30 bits per heavy atom. The van der Waals surface area contributed by atoms with Gasteiger partial charge in [-0.3, -0.25) is 4.90 Å². The highest BCUT2D eigenvalue weighted by Gasteiger charge is 2.32. The molecule has 2 heterocycles. The molecule has 0 amide bonds. The smallest absolute Gasteiger partial charge is 0.130 e. The Morgan fingerprint density at radius 3 is 3.10 bits per heavy atom. The van der Waals surface area contributed by atoms with Crippen LogP contribution in [0.4, 0.5) is 5.82 Å². The van der Waals surface area contributed by atoms with E-state index in [1.165, 1.54) is 11.9 Å². The van der Waals surface area contributed by atoms with Crippen molar-refractivity contribution in [2.24, 2.45) is 5.92 Å². The molecule has 1 aromatic rings. The van der Waals surface area contributed by atoms with Gasteiger partial charge < -0.3 is 10.8 Å². The summed E-state index contributed by atoms with van der Waals surface area (Å²) in [6.07, 6.45) is 6.42. The molecule has 2 aliphatic rings. The molecular weight excluding hydrogens is 272 g/mol. The molecule has 20 heavy (non-hydrogen) atoms. The maximum Gasteiger partial charge on any atom is 0.130 e. The van der Waals surface area contributed by atoms with Gasteiger partial charge in [0.25, 0.3) is 0 Å². The van der Waals surface area contributed by atoms with E-state index in [2.05, 4.69) is 27.2 Å². The van der Waals surface area contributed by atoms with Crippen LogP contribution in [0, 0.1) is 5.92 Å². The number of aliphatic hydroxyl groups excluding tert-OH is 1.